The Balaban J connectivity index is 1.32. The summed E-state index contributed by atoms with van der Waals surface area (Å²) >= 11 is 0. The third-order valence-electron chi connectivity index (χ3n) is 6.61. The monoisotopic (exact) mass is 457 g/mol. The van der Waals surface area contributed by atoms with Gasteiger partial charge in [0.2, 0.25) is 5.91 Å². The Bertz CT molecular complexity index is 1360. The summed E-state index contributed by atoms with van der Waals surface area (Å²) in [5.41, 5.74) is 3.35. The van der Waals surface area contributed by atoms with Crippen LogP contribution in [0.5, 0.6) is 0 Å². The van der Waals surface area contributed by atoms with Gasteiger partial charge >= 0.3 is 0 Å². The number of fused-ring (bicyclic) bond motifs is 3. The van der Waals surface area contributed by atoms with Crippen molar-refractivity contribution >= 4 is 33.4 Å². The van der Waals surface area contributed by atoms with E-state index in [1.165, 1.54) is 29.5 Å². The molecule has 0 aliphatic carbocycles. The summed E-state index contributed by atoms with van der Waals surface area (Å²) < 4.78 is 3.30. The molecule has 0 spiro atoms. The molecule has 0 bridgehead atoms. The van der Waals surface area contributed by atoms with Gasteiger partial charge in [0.05, 0.1) is 6.20 Å². The molecular formula is C27H31N5O2. The molecule has 3 heterocycles. The molecule has 0 atom stereocenters. The van der Waals surface area contributed by atoms with Crippen molar-refractivity contribution in [1.29, 1.82) is 0 Å². The molecule has 1 fully saturated rings. The fourth-order valence-corrected chi connectivity index (χ4v) is 4.97. The largest absolute Gasteiger partial charge is 0.336 e. The summed E-state index contributed by atoms with van der Waals surface area (Å²) in [4.78, 5) is 28.5. The van der Waals surface area contributed by atoms with E-state index in [1.54, 1.807) is 6.20 Å². The van der Waals surface area contributed by atoms with Crippen LogP contribution in [0.3, 0.4) is 0 Å². The fraction of sp³-hybridized carbons (Fsp3) is 0.370. The third kappa shape index (κ3) is 4.48. The lowest BCUT2D eigenvalue weighted by atomic mass is 10.1. The molecule has 1 N–H and O–H groups in total. The summed E-state index contributed by atoms with van der Waals surface area (Å²) in [6, 6.07) is 16.0. The van der Waals surface area contributed by atoms with E-state index in [0.717, 1.165) is 54.6 Å². The predicted octanol–water partition coefficient (Wildman–Crippen LogP) is 4.39. The molecule has 2 aromatic carbocycles. The van der Waals surface area contributed by atoms with Gasteiger partial charge in [-0.1, -0.05) is 43.7 Å². The van der Waals surface area contributed by atoms with E-state index >= 15 is 0 Å². The zero-order valence-electron chi connectivity index (χ0n) is 19.7. The fourth-order valence-electron chi connectivity index (χ4n) is 4.97. The smallest absolute Gasteiger partial charge is 0.291 e. The van der Waals surface area contributed by atoms with Crippen molar-refractivity contribution in [1.82, 2.24) is 19.2 Å². The number of para-hydroxylation sites is 1. The Morgan fingerprint density at radius 2 is 1.76 bits per heavy atom. The first-order valence-corrected chi connectivity index (χ1v) is 12.2. The zero-order chi connectivity index (χ0) is 23.5. The number of amides is 1. The number of nitrogens with zero attached hydrogens (tertiary/aromatic N) is 4. The number of piperidine rings is 1. The van der Waals surface area contributed by atoms with Crippen molar-refractivity contribution in [3.8, 4) is 0 Å². The SMILES string of the molecule is CCCn1c2ccccc2c2cnn(CC(=O)Nc3ccc(CN4CCCCC4)cc3)c(=O)c21. The zero-order valence-corrected chi connectivity index (χ0v) is 19.7. The summed E-state index contributed by atoms with van der Waals surface area (Å²) in [7, 11) is 0. The topological polar surface area (TPSA) is 72.2 Å². The van der Waals surface area contributed by atoms with Gasteiger partial charge in [-0.2, -0.15) is 5.10 Å². The van der Waals surface area contributed by atoms with E-state index < -0.39 is 0 Å². The Labute approximate surface area is 199 Å². The lowest BCUT2D eigenvalue weighted by Gasteiger charge is -2.26. The van der Waals surface area contributed by atoms with E-state index in [9.17, 15) is 9.59 Å². The molecule has 1 saturated heterocycles. The van der Waals surface area contributed by atoms with Crippen molar-refractivity contribution in [2.75, 3.05) is 18.4 Å². The third-order valence-corrected chi connectivity index (χ3v) is 6.61. The molecule has 2 aromatic heterocycles. The summed E-state index contributed by atoms with van der Waals surface area (Å²) in [5, 5.41) is 9.06. The van der Waals surface area contributed by atoms with Crippen molar-refractivity contribution in [3.63, 3.8) is 0 Å². The number of likely N-dealkylation sites (tertiary alicyclic amines) is 1. The average molecular weight is 458 g/mol. The van der Waals surface area contributed by atoms with Crippen LogP contribution in [0.25, 0.3) is 21.8 Å². The molecule has 0 saturated carbocycles. The number of carbonyl (C=O) groups is 1. The van der Waals surface area contributed by atoms with E-state index in [1.807, 2.05) is 41.0 Å². The highest BCUT2D eigenvalue weighted by Gasteiger charge is 2.17. The van der Waals surface area contributed by atoms with E-state index in [0.29, 0.717) is 5.52 Å². The number of aryl methyl sites for hydroxylation is 1. The minimum atomic E-state index is -0.268. The average Bonchev–Trinajstić information content (AvgIpc) is 3.17. The van der Waals surface area contributed by atoms with Gasteiger partial charge in [0.15, 0.2) is 0 Å². The molecule has 34 heavy (non-hydrogen) atoms. The molecule has 0 radical (unpaired) electrons. The minimum Gasteiger partial charge on any atom is -0.336 e. The lowest BCUT2D eigenvalue weighted by molar-refractivity contribution is -0.117. The van der Waals surface area contributed by atoms with Gasteiger partial charge in [-0.3, -0.25) is 14.5 Å². The summed E-state index contributed by atoms with van der Waals surface area (Å²) in [6.45, 7) is 5.95. The molecule has 7 heteroatoms. The molecule has 4 aromatic rings. The molecule has 176 valence electrons. The number of benzene rings is 2. The quantitative estimate of drug-likeness (QED) is 0.447. The van der Waals surface area contributed by atoms with Crippen LogP contribution in [0.2, 0.25) is 0 Å². The van der Waals surface area contributed by atoms with E-state index in [2.05, 4.69) is 34.4 Å². The number of anilines is 1. The van der Waals surface area contributed by atoms with E-state index in [4.69, 9.17) is 0 Å². The second kappa shape index (κ2) is 9.81. The van der Waals surface area contributed by atoms with Crippen molar-refractivity contribution in [2.45, 2.75) is 52.2 Å². The lowest BCUT2D eigenvalue weighted by Crippen LogP contribution is -2.30. The molecule has 5 rings (SSSR count). The van der Waals surface area contributed by atoms with Crippen LogP contribution in [-0.2, 0) is 24.4 Å². The van der Waals surface area contributed by atoms with Crippen LogP contribution in [0, 0.1) is 0 Å². The van der Waals surface area contributed by atoms with Gasteiger partial charge in [0.1, 0.15) is 12.1 Å². The maximum atomic E-state index is 13.3. The molecule has 1 aliphatic heterocycles. The van der Waals surface area contributed by atoms with Gasteiger partial charge in [0.25, 0.3) is 5.56 Å². The van der Waals surface area contributed by atoms with Crippen LogP contribution < -0.4 is 10.9 Å². The van der Waals surface area contributed by atoms with Crippen molar-refractivity contribution in [2.24, 2.45) is 0 Å². The first-order chi connectivity index (χ1) is 16.6. The van der Waals surface area contributed by atoms with Crippen LogP contribution in [0.1, 0.15) is 38.2 Å². The molecule has 7 nitrogen and oxygen atoms in total. The second-order valence-corrected chi connectivity index (χ2v) is 9.12. The first kappa shape index (κ1) is 22.3. The first-order valence-electron chi connectivity index (χ1n) is 12.2. The second-order valence-electron chi connectivity index (χ2n) is 9.12. The van der Waals surface area contributed by atoms with Gasteiger partial charge in [-0.25, -0.2) is 4.68 Å². The highest BCUT2D eigenvalue weighted by Crippen LogP contribution is 2.26. The highest BCUT2D eigenvalue weighted by molar-refractivity contribution is 6.07. The Hall–Kier alpha value is -3.45. The maximum absolute atomic E-state index is 13.3. The number of aromatic nitrogens is 3. The number of nitrogens with one attached hydrogen (secondary N) is 1. The molecule has 0 unspecified atom stereocenters. The molecule has 1 aliphatic rings. The van der Waals surface area contributed by atoms with E-state index in [-0.39, 0.29) is 18.0 Å². The molecular weight excluding hydrogens is 426 g/mol. The van der Waals surface area contributed by atoms with Crippen LogP contribution in [0.15, 0.2) is 59.5 Å². The molecule has 1 amide bonds. The van der Waals surface area contributed by atoms with Gasteiger partial charge < -0.3 is 9.88 Å². The van der Waals surface area contributed by atoms with Crippen LogP contribution in [-0.4, -0.2) is 38.2 Å². The number of carbonyl (C=O) groups excluding carboxylic acids is 1. The predicted molar refractivity (Wildman–Crippen MR) is 136 cm³/mol. The number of hydrogen-bond acceptors (Lipinski definition) is 4. The highest BCUT2D eigenvalue weighted by atomic mass is 16.2. The summed E-state index contributed by atoms with van der Waals surface area (Å²) in [5.74, 6) is -0.268. The Kier molecular flexibility index (Phi) is 6.45. The van der Waals surface area contributed by atoms with Gasteiger partial charge in [-0.05, 0) is 56.1 Å². The van der Waals surface area contributed by atoms with Crippen molar-refractivity contribution in [3.05, 3.63) is 70.6 Å². The standard InChI is InChI=1S/C27H31N5O2/c1-2-14-31-24-9-5-4-8-22(24)23-17-28-32(27(34)26(23)31)19-25(33)29-21-12-10-20(11-13-21)18-30-15-6-3-7-16-30/h4-5,8-13,17H,2-3,6-7,14-16,18-19H2,1H3,(H,29,33). The number of rotatable bonds is 7. The van der Waals surface area contributed by atoms with Crippen LogP contribution in [0.4, 0.5) is 5.69 Å². The minimum absolute atomic E-state index is 0.127. The van der Waals surface area contributed by atoms with Gasteiger partial charge in [-0.15, -0.1) is 0 Å². The maximum Gasteiger partial charge on any atom is 0.291 e. The number of hydrogen-bond donors (Lipinski definition) is 1. The Morgan fingerprint density at radius 3 is 2.53 bits per heavy atom. The normalized spacial score (nSPS) is 14.6. The Morgan fingerprint density at radius 1 is 1.00 bits per heavy atom. The van der Waals surface area contributed by atoms with Gasteiger partial charge in [0, 0.05) is 35.1 Å². The summed E-state index contributed by atoms with van der Waals surface area (Å²) in [6.07, 6.45) is 6.48. The van der Waals surface area contributed by atoms with Crippen LogP contribution >= 0.6 is 0 Å². The van der Waals surface area contributed by atoms with Crippen molar-refractivity contribution < 1.29 is 4.79 Å².